The van der Waals surface area contributed by atoms with Gasteiger partial charge in [0.2, 0.25) is 0 Å². The summed E-state index contributed by atoms with van der Waals surface area (Å²) in [7, 11) is 0. The number of rotatable bonds is 1. The van der Waals surface area contributed by atoms with E-state index in [0.29, 0.717) is 6.07 Å². The lowest BCUT2D eigenvalue weighted by Crippen LogP contribution is -2.16. The number of halogens is 10. The average molecular weight is 376 g/mol. The molecule has 0 aromatic heterocycles. The summed E-state index contributed by atoms with van der Waals surface area (Å²) in [6.07, 6.45) is -10.7. The van der Waals surface area contributed by atoms with Gasteiger partial charge in [-0.1, -0.05) is 6.07 Å². The van der Waals surface area contributed by atoms with E-state index in [2.05, 4.69) is 0 Å². The Balaban J connectivity index is 2.87. The van der Waals surface area contributed by atoms with Gasteiger partial charge >= 0.3 is 12.4 Å². The van der Waals surface area contributed by atoms with Crippen molar-refractivity contribution in [2.75, 3.05) is 0 Å². The average Bonchev–Trinajstić information content (AvgIpc) is 2.45. The Morgan fingerprint density at radius 1 is 0.680 bits per heavy atom. The van der Waals surface area contributed by atoms with Crippen LogP contribution in [0.2, 0.25) is 0 Å². The highest BCUT2D eigenvalue weighted by atomic mass is 19.4. The van der Waals surface area contributed by atoms with E-state index in [0.717, 1.165) is 13.0 Å². The molecule has 0 unspecified atom stereocenters. The van der Waals surface area contributed by atoms with Crippen LogP contribution in [-0.4, -0.2) is 0 Å². The van der Waals surface area contributed by atoms with E-state index in [1.54, 1.807) is 0 Å². The van der Waals surface area contributed by atoms with Crippen molar-refractivity contribution in [1.82, 2.24) is 0 Å². The molecule has 0 aliphatic carbocycles. The molecular weight excluding hydrogens is 370 g/mol. The zero-order valence-corrected chi connectivity index (χ0v) is 12.0. The third-order valence-electron chi connectivity index (χ3n) is 3.38. The van der Waals surface area contributed by atoms with Crippen molar-refractivity contribution in [3.8, 4) is 11.1 Å². The molecule has 0 radical (unpaired) electrons. The fraction of sp³-hybridized carbons (Fsp3) is 0.200. The second kappa shape index (κ2) is 5.92. The molecule has 2 aromatic rings. The maximum absolute atomic E-state index is 14.0. The largest absolute Gasteiger partial charge is 0.422 e. The normalized spacial score (nSPS) is 12.6. The highest BCUT2D eigenvalue weighted by Gasteiger charge is 2.42. The van der Waals surface area contributed by atoms with Crippen molar-refractivity contribution >= 4 is 0 Å². The first kappa shape index (κ1) is 19.1. The summed E-state index contributed by atoms with van der Waals surface area (Å²) in [4.78, 5) is 0. The van der Waals surface area contributed by atoms with Gasteiger partial charge in [-0.2, -0.15) is 26.3 Å². The molecule has 0 amide bonds. The molecule has 0 heterocycles. The number of aryl methyl sites for hydroxylation is 1. The van der Waals surface area contributed by atoms with E-state index in [9.17, 15) is 43.9 Å². The first-order chi connectivity index (χ1) is 11.3. The van der Waals surface area contributed by atoms with Crippen molar-refractivity contribution in [2.24, 2.45) is 0 Å². The maximum atomic E-state index is 14.0. The molecule has 2 rings (SSSR count). The van der Waals surface area contributed by atoms with E-state index in [-0.39, 0.29) is 11.6 Å². The minimum absolute atomic E-state index is 0.197. The SMILES string of the molecule is Cc1ccc(C(F)(F)F)cc1-c1c(F)c(F)c(C(F)(F)F)c(F)c1F. The molecule has 10 heteroatoms. The summed E-state index contributed by atoms with van der Waals surface area (Å²) in [5, 5.41) is 0. The smallest absolute Gasteiger partial charge is 0.203 e. The summed E-state index contributed by atoms with van der Waals surface area (Å²) in [6, 6.07) is 1.51. The van der Waals surface area contributed by atoms with Crippen LogP contribution in [-0.2, 0) is 12.4 Å². The highest BCUT2D eigenvalue weighted by Crippen LogP contribution is 2.41. The highest BCUT2D eigenvalue weighted by molar-refractivity contribution is 5.70. The second-order valence-electron chi connectivity index (χ2n) is 5.03. The topological polar surface area (TPSA) is 0 Å². The van der Waals surface area contributed by atoms with Crippen LogP contribution >= 0.6 is 0 Å². The molecule has 2 aromatic carbocycles. The van der Waals surface area contributed by atoms with Gasteiger partial charge in [0.05, 0.1) is 11.1 Å². The molecule has 0 fully saturated rings. The molecule has 0 spiro atoms. The van der Waals surface area contributed by atoms with Gasteiger partial charge in [0.25, 0.3) is 0 Å². The summed E-state index contributed by atoms with van der Waals surface area (Å²) in [5.74, 6) is -10.3. The fourth-order valence-corrected chi connectivity index (χ4v) is 2.18. The van der Waals surface area contributed by atoms with E-state index >= 15 is 0 Å². The molecule has 0 nitrogen and oxygen atoms in total. The Kier molecular flexibility index (Phi) is 4.52. The Morgan fingerprint density at radius 3 is 1.56 bits per heavy atom. The molecule has 25 heavy (non-hydrogen) atoms. The lowest BCUT2D eigenvalue weighted by molar-refractivity contribution is -0.143. The van der Waals surface area contributed by atoms with Crippen molar-refractivity contribution < 1.29 is 43.9 Å². The van der Waals surface area contributed by atoms with Crippen molar-refractivity contribution in [3.05, 3.63) is 58.2 Å². The minimum Gasteiger partial charge on any atom is -0.203 e. The Labute approximate surface area is 133 Å². The Bertz CT molecular complexity index is 801. The van der Waals surface area contributed by atoms with E-state index in [4.69, 9.17) is 0 Å². The van der Waals surface area contributed by atoms with Crippen LogP contribution in [0.15, 0.2) is 18.2 Å². The summed E-state index contributed by atoms with van der Waals surface area (Å²) >= 11 is 0. The molecule has 136 valence electrons. The summed E-state index contributed by atoms with van der Waals surface area (Å²) in [6.45, 7) is 1.07. The molecule has 0 atom stereocenters. The molecular formula is C15H6F10. The van der Waals surface area contributed by atoms with E-state index < -0.39 is 57.9 Å². The Hall–Kier alpha value is -2.26. The van der Waals surface area contributed by atoms with Crippen molar-refractivity contribution in [3.63, 3.8) is 0 Å². The molecule has 0 bridgehead atoms. The maximum Gasteiger partial charge on any atom is 0.422 e. The predicted octanol–water partition coefficient (Wildman–Crippen LogP) is 6.26. The predicted molar refractivity (Wildman–Crippen MR) is 66.5 cm³/mol. The molecule has 0 N–H and O–H groups in total. The van der Waals surface area contributed by atoms with Crippen LogP contribution < -0.4 is 0 Å². The minimum atomic E-state index is -5.74. The van der Waals surface area contributed by atoms with Crippen LogP contribution in [0.1, 0.15) is 16.7 Å². The molecule has 0 aliphatic rings. The van der Waals surface area contributed by atoms with Crippen LogP contribution in [0.4, 0.5) is 43.9 Å². The van der Waals surface area contributed by atoms with Crippen LogP contribution in [0, 0.1) is 30.2 Å². The number of alkyl halides is 6. The van der Waals surface area contributed by atoms with Gasteiger partial charge < -0.3 is 0 Å². The van der Waals surface area contributed by atoms with Gasteiger partial charge in [0.1, 0.15) is 5.56 Å². The zero-order chi connectivity index (χ0) is 19.3. The zero-order valence-electron chi connectivity index (χ0n) is 12.0. The molecule has 0 saturated carbocycles. The van der Waals surface area contributed by atoms with Gasteiger partial charge in [-0.3, -0.25) is 0 Å². The standard InChI is InChI=1S/C15H6F10/c1-5-2-3-6(14(20,21)22)4-7(5)8-10(16)12(18)9(15(23,24)25)13(19)11(8)17/h2-4H,1H3. The molecule has 0 saturated heterocycles. The van der Waals surface area contributed by atoms with Crippen molar-refractivity contribution in [1.29, 1.82) is 0 Å². The Morgan fingerprint density at radius 2 is 1.16 bits per heavy atom. The number of hydrogen-bond acceptors (Lipinski definition) is 0. The van der Waals surface area contributed by atoms with Crippen LogP contribution in [0.5, 0.6) is 0 Å². The van der Waals surface area contributed by atoms with Gasteiger partial charge in [0, 0.05) is 0 Å². The van der Waals surface area contributed by atoms with Crippen molar-refractivity contribution in [2.45, 2.75) is 19.3 Å². The van der Waals surface area contributed by atoms with Crippen LogP contribution in [0.3, 0.4) is 0 Å². The lowest BCUT2D eigenvalue weighted by atomic mass is 9.95. The quantitative estimate of drug-likeness (QED) is 0.407. The molecule has 0 aliphatic heterocycles. The summed E-state index contributed by atoms with van der Waals surface area (Å²) in [5.41, 5.74) is -6.99. The third kappa shape index (κ3) is 3.29. The number of hydrogen-bond donors (Lipinski definition) is 0. The third-order valence-corrected chi connectivity index (χ3v) is 3.38. The van der Waals surface area contributed by atoms with Gasteiger partial charge in [-0.25, -0.2) is 17.6 Å². The van der Waals surface area contributed by atoms with Gasteiger partial charge in [-0.15, -0.1) is 0 Å². The first-order valence-corrected chi connectivity index (χ1v) is 6.38. The lowest BCUT2D eigenvalue weighted by Gasteiger charge is -2.16. The summed E-state index contributed by atoms with van der Waals surface area (Å²) < 4.78 is 131. The number of benzene rings is 2. The van der Waals surface area contributed by atoms with Gasteiger partial charge in [-0.05, 0) is 30.2 Å². The monoisotopic (exact) mass is 376 g/mol. The second-order valence-corrected chi connectivity index (χ2v) is 5.03. The van der Waals surface area contributed by atoms with E-state index in [1.807, 2.05) is 0 Å². The first-order valence-electron chi connectivity index (χ1n) is 6.38. The van der Waals surface area contributed by atoms with E-state index in [1.165, 1.54) is 0 Å². The fourth-order valence-electron chi connectivity index (χ4n) is 2.18. The van der Waals surface area contributed by atoms with Gasteiger partial charge in [0.15, 0.2) is 23.3 Å². The van der Waals surface area contributed by atoms with Crippen LogP contribution in [0.25, 0.3) is 11.1 Å².